The van der Waals surface area contributed by atoms with Gasteiger partial charge in [0.15, 0.2) is 11.4 Å². The van der Waals surface area contributed by atoms with Crippen LogP contribution in [-0.4, -0.2) is 31.6 Å². The summed E-state index contributed by atoms with van der Waals surface area (Å²) in [7, 11) is 1.64. The Morgan fingerprint density at radius 2 is 2.07 bits per heavy atom. The van der Waals surface area contributed by atoms with Gasteiger partial charge >= 0.3 is 0 Å². The Hall–Kier alpha value is -2.54. The number of hydrogen-bond donors (Lipinski definition) is 2. The molecular weight excluding hydrogens is 374 g/mol. The number of nitrogens with one attached hydrogen (secondary N) is 2. The molecule has 0 radical (unpaired) electrons. The fraction of sp³-hybridized carbons (Fsp3) is 0.381. The van der Waals surface area contributed by atoms with Gasteiger partial charge in [0, 0.05) is 25.2 Å². The summed E-state index contributed by atoms with van der Waals surface area (Å²) in [6.07, 6.45) is 5.49. The lowest BCUT2D eigenvalue weighted by Gasteiger charge is -2.25. The molecule has 28 heavy (non-hydrogen) atoms. The smallest absolute Gasteiger partial charge is 0.260 e. The van der Waals surface area contributed by atoms with Gasteiger partial charge < -0.3 is 24.7 Å². The molecule has 1 aromatic carbocycles. The fourth-order valence-electron chi connectivity index (χ4n) is 3.47. The maximum Gasteiger partial charge on any atom is 0.260 e. The summed E-state index contributed by atoms with van der Waals surface area (Å²) in [5, 5.41) is 6.28. The first-order chi connectivity index (χ1) is 13.6. The Kier molecular flexibility index (Phi) is 5.52. The van der Waals surface area contributed by atoms with Crippen LogP contribution in [-0.2, 0) is 4.79 Å². The highest BCUT2D eigenvalue weighted by molar-refractivity contribution is 8.05. The predicted molar refractivity (Wildman–Crippen MR) is 114 cm³/mol. The average Bonchev–Trinajstić information content (AvgIpc) is 3.30. The van der Waals surface area contributed by atoms with Gasteiger partial charge in [-0.05, 0) is 49.9 Å². The van der Waals surface area contributed by atoms with E-state index in [2.05, 4.69) is 15.5 Å². The predicted octanol–water partition coefficient (Wildman–Crippen LogP) is 4.19. The largest absolute Gasteiger partial charge is 0.495 e. The third-order valence-corrected chi connectivity index (χ3v) is 5.95. The molecule has 0 spiro atoms. The first-order valence-corrected chi connectivity index (χ1v) is 10.5. The quantitative estimate of drug-likeness (QED) is 0.735. The Balaban J connectivity index is 1.45. The second-order valence-corrected chi connectivity index (χ2v) is 8.20. The molecule has 6 nitrogen and oxygen atoms in total. The van der Waals surface area contributed by atoms with Crippen molar-refractivity contribution in [1.29, 1.82) is 0 Å². The van der Waals surface area contributed by atoms with E-state index < -0.39 is 0 Å². The minimum atomic E-state index is -0.258. The van der Waals surface area contributed by atoms with Gasteiger partial charge in [0.25, 0.3) is 5.91 Å². The van der Waals surface area contributed by atoms with Crippen molar-refractivity contribution < 1.29 is 13.9 Å². The summed E-state index contributed by atoms with van der Waals surface area (Å²) < 4.78 is 11.4. The van der Waals surface area contributed by atoms with E-state index in [0.717, 1.165) is 36.0 Å². The van der Waals surface area contributed by atoms with Crippen LogP contribution in [0.2, 0.25) is 0 Å². The van der Waals surface area contributed by atoms with Crippen LogP contribution in [0.1, 0.15) is 30.6 Å². The SMILES string of the molecule is COc1ccc(C)cc1NC1NC(=O)/C(=C/c2ccc(N3CCCCC3)o2)S1. The summed E-state index contributed by atoms with van der Waals surface area (Å²) in [6, 6.07) is 9.83. The zero-order chi connectivity index (χ0) is 19.5. The van der Waals surface area contributed by atoms with Crippen LogP contribution in [0.3, 0.4) is 0 Å². The third-order valence-electron chi connectivity index (χ3n) is 4.93. The van der Waals surface area contributed by atoms with Crippen molar-refractivity contribution in [2.45, 2.75) is 31.7 Å². The number of amides is 1. The number of ether oxygens (including phenoxy) is 1. The summed E-state index contributed by atoms with van der Waals surface area (Å²) in [4.78, 5) is 15.3. The van der Waals surface area contributed by atoms with Crippen LogP contribution in [0.4, 0.5) is 11.6 Å². The lowest BCUT2D eigenvalue weighted by Crippen LogP contribution is -2.31. The molecule has 4 rings (SSSR count). The van der Waals surface area contributed by atoms with Crippen molar-refractivity contribution in [2.24, 2.45) is 0 Å². The zero-order valence-electron chi connectivity index (χ0n) is 16.2. The van der Waals surface area contributed by atoms with E-state index >= 15 is 0 Å². The number of rotatable bonds is 5. The van der Waals surface area contributed by atoms with E-state index in [4.69, 9.17) is 9.15 Å². The molecule has 2 N–H and O–H groups in total. The third kappa shape index (κ3) is 4.14. The van der Waals surface area contributed by atoms with Crippen molar-refractivity contribution in [1.82, 2.24) is 5.32 Å². The van der Waals surface area contributed by atoms with E-state index in [1.54, 1.807) is 7.11 Å². The summed E-state index contributed by atoms with van der Waals surface area (Å²) in [5.74, 6) is 2.22. The summed E-state index contributed by atoms with van der Waals surface area (Å²) >= 11 is 1.44. The minimum absolute atomic E-state index is 0.106. The topological polar surface area (TPSA) is 66.7 Å². The van der Waals surface area contributed by atoms with Gasteiger partial charge in [-0.15, -0.1) is 0 Å². The Morgan fingerprint density at radius 3 is 2.86 bits per heavy atom. The number of nitrogens with zero attached hydrogens (tertiary/aromatic N) is 1. The van der Waals surface area contributed by atoms with Gasteiger partial charge in [-0.1, -0.05) is 17.8 Å². The van der Waals surface area contributed by atoms with Crippen LogP contribution >= 0.6 is 11.8 Å². The van der Waals surface area contributed by atoms with Crippen LogP contribution in [0, 0.1) is 6.92 Å². The minimum Gasteiger partial charge on any atom is -0.495 e. The molecule has 2 aromatic rings. The molecule has 2 aliphatic rings. The van der Waals surface area contributed by atoms with E-state index in [-0.39, 0.29) is 11.4 Å². The number of carbonyl (C=O) groups excluding carboxylic acids is 1. The second-order valence-electron chi connectivity index (χ2n) is 7.05. The van der Waals surface area contributed by atoms with Crippen molar-refractivity contribution in [3.05, 3.63) is 46.6 Å². The number of piperidine rings is 1. The lowest BCUT2D eigenvalue weighted by molar-refractivity contribution is -0.116. The van der Waals surface area contributed by atoms with Crippen LogP contribution < -0.4 is 20.3 Å². The number of furan rings is 1. The van der Waals surface area contributed by atoms with Crippen molar-refractivity contribution in [3.8, 4) is 5.75 Å². The second kappa shape index (κ2) is 8.22. The van der Waals surface area contributed by atoms with Gasteiger partial charge in [-0.25, -0.2) is 0 Å². The maximum atomic E-state index is 12.4. The molecule has 1 amide bonds. The highest BCUT2D eigenvalue weighted by Gasteiger charge is 2.28. The molecule has 1 unspecified atom stereocenters. The lowest BCUT2D eigenvalue weighted by atomic mass is 10.1. The van der Waals surface area contributed by atoms with E-state index in [0.29, 0.717) is 10.7 Å². The molecule has 2 fully saturated rings. The number of methoxy groups -OCH3 is 1. The molecule has 2 saturated heterocycles. The van der Waals surface area contributed by atoms with Crippen LogP contribution in [0.25, 0.3) is 6.08 Å². The maximum absolute atomic E-state index is 12.4. The Morgan fingerprint density at radius 1 is 1.25 bits per heavy atom. The first kappa shape index (κ1) is 18.8. The van der Waals surface area contributed by atoms with Gasteiger partial charge in [0.1, 0.15) is 11.5 Å². The molecule has 3 heterocycles. The molecule has 148 valence electrons. The summed E-state index contributed by atoms with van der Waals surface area (Å²) in [5.41, 5.74) is 1.71. The first-order valence-electron chi connectivity index (χ1n) is 9.57. The number of thioether (sulfide) groups is 1. The molecule has 0 aliphatic carbocycles. The average molecular weight is 400 g/mol. The van der Waals surface area contributed by atoms with Gasteiger partial charge in [-0.2, -0.15) is 0 Å². The highest BCUT2D eigenvalue weighted by atomic mass is 32.2. The molecule has 0 bridgehead atoms. The number of aryl methyl sites for hydroxylation is 1. The number of anilines is 2. The van der Waals surface area contributed by atoms with E-state index in [1.165, 1.54) is 31.0 Å². The van der Waals surface area contributed by atoms with E-state index in [1.807, 2.05) is 43.3 Å². The van der Waals surface area contributed by atoms with Gasteiger partial charge in [0.2, 0.25) is 0 Å². The van der Waals surface area contributed by atoms with Crippen molar-refractivity contribution in [3.63, 3.8) is 0 Å². The number of benzene rings is 1. The monoisotopic (exact) mass is 399 g/mol. The summed E-state index contributed by atoms with van der Waals surface area (Å²) in [6.45, 7) is 4.08. The molecular formula is C21H25N3O3S. The van der Waals surface area contributed by atoms with Crippen molar-refractivity contribution >= 4 is 35.3 Å². The van der Waals surface area contributed by atoms with Crippen molar-refractivity contribution in [2.75, 3.05) is 30.4 Å². The highest BCUT2D eigenvalue weighted by Crippen LogP contribution is 2.34. The molecule has 7 heteroatoms. The van der Waals surface area contributed by atoms with Crippen LogP contribution in [0.15, 0.2) is 39.7 Å². The Labute approximate surface area is 169 Å². The molecule has 2 aliphatic heterocycles. The molecule has 1 aromatic heterocycles. The van der Waals surface area contributed by atoms with Crippen LogP contribution in [0.5, 0.6) is 5.75 Å². The number of carbonyl (C=O) groups is 1. The molecule has 0 saturated carbocycles. The molecule has 1 atom stereocenters. The normalized spacial score (nSPS) is 21.1. The van der Waals surface area contributed by atoms with E-state index in [9.17, 15) is 4.79 Å². The Bertz CT molecular complexity index is 887. The standard InChI is InChI=1S/C21H25N3O3S/c1-14-6-8-17(26-2)16(12-14)22-21-23-20(25)18(28-21)13-15-7-9-19(27-15)24-10-4-3-5-11-24/h6-9,12-13,21-22H,3-5,10-11H2,1-2H3,(H,23,25)/b18-13-. The fourth-order valence-corrected chi connectivity index (χ4v) is 4.43. The van der Waals surface area contributed by atoms with Gasteiger partial charge in [0.05, 0.1) is 17.7 Å². The van der Waals surface area contributed by atoms with Gasteiger partial charge in [-0.3, -0.25) is 4.79 Å². The zero-order valence-corrected chi connectivity index (χ0v) is 17.0. The number of hydrogen-bond acceptors (Lipinski definition) is 6.